The molecule has 16 heavy (non-hydrogen) atoms. The Bertz CT molecular complexity index is 399. The number of ether oxygens (including phenoxy) is 2. The molecule has 0 atom stereocenters. The van der Waals surface area contributed by atoms with Crippen LogP contribution in [0, 0.1) is 0 Å². The second kappa shape index (κ2) is 5.92. The van der Waals surface area contributed by atoms with Crippen molar-refractivity contribution in [2.75, 3.05) is 20.8 Å². The van der Waals surface area contributed by atoms with Gasteiger partial charge in [0.05, 0.1) is 19.8 Å². The Morgan fingerprint density at radius 2 is 2.06 bits per heavy atom. The topological polar surface area (TPSA) is 61.5 Å². The van der Waals surface area contributed by atoms with E-state index in [1.54, 1.807) is 18.2 Å². The quantitative estimate of drug-likeness (QED) is 0.765. The largest absolute Gasteiger partial charge is 0.493 e. The zero-order valence-electron chi connectivity index (χ0n) is 9.40. The predicted octanol–water partition coefficient (Wildman–Crippen LogP) is 1.49. The third-order valence-corrected chi connectivity index (χ3v) is 2.10. The number of carbonyl (C=O) groups excluding carboxylic acids is 1. The minimum Gasteiger partial charge on any atom is -0.493 e. The Morgan fingerprint density at radius 3 is 2.56 bits per heavy atom. The highest BCUT2D eigenvalue weighted by atomic mass is 16.5. The highest BCUT2D eigenvalue weighted by Crippen LogP contribution is 2.31. The first-order valence-electron chi connectivity index (χ1n) is 4.84. The fourth-order valence-corrected chi connectivity index (χ4v) is 1.40. The van der Waals surface area contributed by atoms with Gasteiger partial charge in [-0.3, -0.25) is 4.79 Å². The summed E-state index contributed by atoms with van der Waals surface area (Å²) in [7, 11) is 3.03. The Labute approximate surface area is 94.7 Å². The fourth-order valence-electron chi connectivity index (χ4n) is 1.40. The van der Waals surface area contributed by atoms with Crippen LogP contribution in [-0.2, 0) is 0 Å². The number of carbonyl (C=O) groups is 1. The minimum atomic E-state index is 0.447. The molecule has 1 aromatic rings. The summed E-state index contributed by atoms with van der Waals surface area (Å²) in [5.74, 6) is 0.978. The van der Waals surface area contributed by atoms with Gasteiger partial charge in [-0.05, 0) is 17.7 Å². The molecule has 2 N–H and O–H groups in total. The number of nitrogens with two attached hydrogens (primary N) is 1. The molecule has 0 aliphatic heterocycles. The highest BCUT2D eigenvalue weighted by Gasteiger charge is 2.10. The maximum Gasteiger partial charge on any atom is 0.171 e. The Hall–Kier alpha value is -1.81. The molecule has 1 rings (SSSR count). The molecule has 0 saturated heterocycles. The number of benzene rings is 1. The van der Waals surface area contributed by atoms with E-state index in [0.717, 1.165) is 11.8 Å². The SMILES string of the molecule is COc1cc(/C=C/CN)cc(C=O)c1OC. The van der Waals surface area contributed by atoms with Gasteiger partial charge in [-0.1, -0.05) is 12.2 Å². The molecule has 4 heteroatoms. The van der Waals surface area contributed by atoms with Gasteiger partial charge in [0.25, 0.3) is 0 Å². The van der Waals surface area contributed by atoms with Crippen LogP contribution < -0.4 is 15.2 Å². The van der Waals surface area contributed by atoms with Gasteiger partial charge in [0.15, 0.2) is 17.8 Å². The first-order chi connectivity index (χ1) is 7.76. The third-order valence-electron chi connectivity index (χ3n) is 2.10. The molecule has 0 spiro atoms. The zero-order chi connectivity index (χ0) is 12.0. The van der Waals surface area contributed by atoms with Gasteiger partial charge in [-0.15, -0.1) is 0 Å². The Balaban J connectivity index is 3.25. The highest BCUT2D eigenvalue weighted by molar-refractivity contribution is 5.83. The molecular formula is C12H15NO3. The first kappa shape index (κ1) is 12.3. The van der Waals surface area contributed by atoms with Crippen molar-refractivity contribution in [3.63, 3.8) is 0 Å². The molecule has 0 bridgehead atoms. The zero-order valence-corrected chi connectivity index (χ0v) is 9.40. The summed E-state index contributed by atoms with van der Waals surface area (Å²) in [6, 6.07) is 3.51. The Morgan fingerprint density at radius 1 is 1.31 bits per heavy atom. The average molecular weight is 221 g/mol. The van der Waals surface area contributed by atoms with E-state index >= 15 is 0 Å². The van der Waals surface area contributed by atoms with Gasteiger partial charge in [0, 0.05) is 6.54 Å². The van der Waals surface area contributed by atoms with E-state index in [2.05, 4.69) is 0 Å². The van der Waals surface area contributed by atoms with Gasteiger partial charge in [0.1, 0.15) is 0 Å². The number of hydrogen-bond donors (Lipinski definition) is 1. The molecule has 0 heterocycles. The summed E-state index contributed by atoms with van der Waals surface area (Å²) < 4.78 is 10.3. The van der Waals surface area contributed by atoms with Crippen LogP contribution in [-0.4, -0.2) is 27.1 Å². The second-order valence-electron chi connectivity index (χ2n) is 3.10. The molecule has 0 fully saturated rings. The van der Waals surface area contributed by atoms with Crippen molar-refractivity contribution in [2.45, 2.75) is 0 Å². The molecule has 0 aliphatic rings. The van der Waals surface area contributed by atoms with Crippen LogP contribution in [0.3, 0.4) is 0 Å². The molecule has 4 nitrogen and oxygen atoms in total. The maximum absolute atomic E-state index is 10.9. The minimum absolute atomic E-state index is 0.447. The summed E-state index contributed by atoms with van der Waals surface area (Å²) in [5.41, 5.74) is 6.67. The van der Waals surface area contributed by atoms with Crippen molar-refractivity contribution >= 4 is 12.4 Å². The van der Waals surface area contributed by atoms with E-state index < -0.39 is 0 Å². The van der Waals surface area contributed by atoms with Crippen LogP contribution in [0.25, 0.3) is 6.08 Å². The van der Waals surface area contributed by atoms with E-state index in [4.69, 9.17) is 15.2 Å². The number of aldehydes is 1. The molecule has 0 aliphatic carbocycles. The molecular weight excluding hydrogens is 206 g/mol. The lowest BCUT2D eigenvalue weighted by atomic mass is 10.1. The van der Waals surface area contributed by atoms with Crippen LogP contribution in [0.1, 0.15) is 15.9 Å². The number of rotatable bonds is 5. The van der Waals surface area contributed by atoms with E-state index in [1.807, 2.05) is 6.08 Å². The van der Waals surface area contributed by atoms with Crippen LogP contribution in [0.15, 0.2) is 18.2 Å². The molecule has 0 saturated carbocycles. The maximum atomic E-state index is 10.9. The third kappa shape index (κ3) is 2.61. The summed E-state index contributed by atoms with van der Waals surface area (Å²) in [6.07, 6.45) is 4.37. The van der Waals surface area contributed by atoms with Gasteiger partial charge >= 0.3 is 0 Å². The van der Waals surface area contributed by atoms with E-state index in [0.29, 0.717) is 23.6 Å². The number of hydrogen-bond acceptors (Lipinski definition) is 4. The molecule has 0 amide bonds. The molecule has 0 aromatic heterocycles. The van der Waals surface area contributed by atoms with Crippen molar-refractivity contribution in [1.29, 1.82) is 0 Å². The lowest BCUT2D eigenvalue weighted by Crippen LogP contribution is -1.97. The van der Waals surface area contributed by atoms with Gasteiger partial charge in [-0.2, -0.15) is 0 Å². The van der Waals surface area contributed by atoms with E-state index in [-0.39, 0.29) is 0 Å². The van der Waals surface area contributed by atoms with Gasteiger partial charge < -0.3 is 15.2 Å². The lowest BCUT2D eigenvalue weighted by Gasteiger charge is -2.10. The summed E-state index contributed by atoms with van der Waals surface area (Å²) in [5, 5.41) is 0. The fraction of sp³-hybridized carbons (Fsp3) is 0.250. The average Bonchev–Trinajstić information content (AvgIpc) is 2.34. The standard InChI is InChI=1S/C12H15NO3/c1-15-11-7-9(4-3-5-13)6-10(8-14)12(11)16-2/h3-4,6-8H,5,13H2,1-2H3/b4-3+. The van der Waals surface area contributed by atoms with Gasteiger partial charge in [-0.25, -0.2) is 0 Å². The lowest BCUT2D eigenvalue weighted by molar-refractivity contribution is 0.112. The van der Waals surface area contributed by atoms with Crippen molar-refractivity contribution in [3.05, 3.63) is 29.3 Å². The summed E-state index contributed by atoms with van der Waals surface area (Å²) >= 11 is 0. The summed E-state index contributed by atoms with van der Waals surface area (Å²) in [4.78, 5) is 10.9. The smallest absolute Gasteiger partial charge is 0.171 e. The van der Waals surface area contributed by atoms with Gasteiger partial charge in [0.2, 0.25) is 0 Å². The van der Waals surface area contributed by atoms with Crippen LogP contribution in [0.2, 0.25) is 0 Å². The predicted molar refractivity (Wildman–Crippen MR) is 63.0 cm³/mol. The monoisotopic (exact) mass is 221 g/mol. The van der Waals surface area contributed by atoms with Crippen molar-refractivity contribution in [2.24, 2.45) is 5.73 Å². The normalized spacial score (nSPS) is 10.4. The van der Waals surface area contributed by atoms with Crippen molar-refractivity contribution in [1.82, 2.24) is 0 Å². The van der Waals surface area contributed by atoms with E-state index in [9.17, 15) is 4.79 Å². The molecule has 0 unspecified atom stereocenters. The Kier molecular flexibility index (Phi) is 4.54. The summed E-state index contributed by atoms with van der Waals surface area (Å²) in [6.45, 7) is 0.449. The molecule has 1 aromatic carbocycles. The molecule has 0 radical (unpaired) electrons. The first-order valence-corrected chi connectivity index (χ1v) is 4.84. The van der Waals surface area contributed by atoms with Crippen LogP contribution in [0.5, 0.6) is 11.5 Å². The van der Waals surface area contributed by atoms with Crippen LogP contribution in [0.4, 0.5) is 0 Å². The second-order valence-corrected chi connectivity index (χ2v) is 3.10. The van der Waals surface area contributed by atoms with Crippen LogP contribution >= 0.6 is 0 Å². The van der Waals surface area contributed by atoms with Crippen molar-refractivity contribution < 1.29 is 14.3 Å². The van der Waals surface area contributed by atoms with Crippen molar-refractivity contribution in [3.8, 4) is 11.5 Å². The number of methoxy groups -OCH3 is 2. The van der Waals surface area contributed by atoms with E-state index in [1.165, 1.54) is 14.2 Å². The molecule has 86 valence electrons.